The zero-order valence-corrected chi connectivity index (χ0v) is 15.8. The molecule has 1 aliphatic heterocycles. The van der Waals surface area contributed by atoms with Gasteiger partial charge in [0.2, 0.25) is 5.91 Å². The molecule has 3 amide bonds. The number of amides is 3. The zero-order valence-electron chi connectivity index (χ0n) is 15.8. The van der Waals surface area contributed by atoms with Gasteiger partial charge < -0.3 is 15.1 Å². The second kappa shape index (κ2) is 8.85. The van der Waals surface area contributed by atoms with Gasteiger partial charge in [0.1, 0.15) is 6.54 Å². The summed E-state index contributed by atoms with van der Waals surface area (Å²) in [6, 6.07) is 8.00. The summed E-state index contributed by atoms with van der Waals surface area (Å²) in [7, 11) is 4.01. The molecule has 0 saturated carbocycles. The first kappa shape index (κ1) is 19.2. The first-order valence-electron chi connectivity index (χ1n) is 8.96. The lowest BCUT2D eigenvalue weighted by atomic mass is 10.0. The normalized spacial score (nSPS) is 14.7. The lowest BCUT2D eigenvalue weighted by Crippen LogP contribution is -2.40. The van der Waals surface area contributed by atoms with Gasteiger partial charge in [-0.25, -0.2) is 4.79 Å². The van der Waals surface area contributed by atoms with Crippen molar-refractivity contribution in [2.75, 3.05) is 51.7 Å². The molecule has 1 saturated heterocycles. The Hall–Kier alpha value is -2.08. The molecule has 138 valence electrons. The van der Waals surface area contributed by atoms with Crippen molar-refractivity contribution in [2.24, 2.45) is 0 Å². The summed E-state index contributed by atoms with van der Waals surface area (Å²) in [5, 5.41) is 2.88. The summed E-state index contributed by atoms with van der Waals surface area (Å²) in [5.41, 5.74) is 2.15. The third kappa shape index (κ3) is 5.46. The highest BCUT2D eigenvalue weighted by Gasteiger charge is 2.30. The van der Waals surface area contributed by atoms with Crippen molar-refractivity contribution in [2.45, 2.75) is 26.2 Å². The van der Waals surface area contributed by atoms with E-state index in [0.717, 1.165) is 18.7 Å². The van der Waals surface area contributed by atoms with E-state index in [9.17, 15) is 9.59 Å². The highest BCUT2D eigenvalue weighted by atomic mass is 16.2. The molecule has 0 bridgehead atoms. The van der Waals surface area contributed by atoms with Crippen LogP contribution in [0.1, 0.15) is 31.7 Å². The molecular formula is C19H30N4O2. The lowest BCUT2D eigenvalue weighted by Gasteiger charge is -2.19. The van der Waals surface area contributed by atoms with Crippen LogP contribution in [0.25, 0.3) is 0 Å². The highest BCUT2D eigenvalue weighted by Crippen LogP contribution is 2.23. The Morgan fingerprint density at radius 3 is 2.48 bits per heavy atom. The number of urea groups is 1. The quantitative estimate of drug-likeness (QED) is 0.734. The fourth-order valence-electron chi connectivity index (χ4n) is 2.86. The van der Waals surface area contributed by atoms with E-state index in [1.165, 1.54) is 5.56 Å². The summed E-state index contributed by atoms with van der Waals surface area (Å²) in [4.78, 5) is 30.0. The molecule has 1 fully saturated rings. The van der Waals surface area contributed by atoms with E-state index >= 15 is 0 Å². The van der Waals surface area contributed by atoms with Crippen LogP contribution in [0.15, 0.2) is 24.3 Å². The van der Waals surface area contributed by atoms with Crippen molar-refractivity contribution < 1.29 is 9.59 Å². The molecule has 1 heterocycles. The third-order valence-corrected chi connectivity index (χ3v) is 4.41. The minimum absolute atomic E-state index is 0.0934. The molecule has 1 N–H and O–H groups in total. The van der Waals surface area contributed by atoms with Gasteiger partial charge in [0, 0.05) is 25.3 Å². The topological polar surface area (TPSA) is 55.9 Å². The molecule has 6 nitrogen and oxygen atoms in total. The van der Waals surface area contributed by atoms with Gasteiger partial charge in [0.05, 0.1) is 0 Å². The number of carbonyl (C=O) groups is 2. The molecule has 0 radical (unpaired) electrons. The maximum atomic E-state index is 12.5. The van der Waals surface area contributed by atoms with Gasteiger partial charge in [-0.15, -0.1) is 0 Å². The fourth-order valence-corrected chi connectivity index (χ4v) is 2.86. The third-order valence-electron chi connectivity index (χ3n) is 4.41. The van der Waals surface area contributed by atoms with Crippen LogP contribution in [0.2, 0.25) is 0 Å². The van der Waals surface area contributed by atoms with Crippen molar-refractivity contribution in [3.8, 4) is 0 Å². The maximum absolute atomic E-state index is 12.5. The van der Waals surface area contributed by atoms with Gasteiger partial charge in [-0.3, -0.25) is 9.69 Å². The molecule has 25 heavy (non-hydrogen) atoms. The summed E-state index contributed by atoms with van der Waals surface area (Å²) >= 11 is 0. The van der Waals surface area contributed by atoms with Crippen LogP contribution in [0.3, 0.4) is 0 Å². The zero-order chi connectivity index (χ0) is 18.4. The van der Waals surface area contributed by atoms with Crippen molar-refractivity contribution in [3.63, 3.8) is 0 Å². The average molecular weight is 346 g/mol. The minimum Gasteiger partial charge on any atom is -0.355 e. The number of hydrogen-bond donors (Lipinski definition) is 1. The minimum atomic E-state index is -0.0965. The molecule has 6 heteroatoms. The second-order valence-corrected chi connectivity index (χ2v) is 7.11. The number of benzene rings is 1. The summed E-state index contributed by atoms with van der Waals surface area (Å²) in [6.45, 7) is 7.19. The van der Waals surface area contributed by atoms with Crippen LogP contribution in [0.5, 0.6) is 0 Å². The summed E-state index contributed by atoms with van der Waals surface area (Å²) in [6.07, 6.45) is 0.904. The van der Waals surface area contributed by atoms with Gasteiger partial charge in [0.25, 0.3) is 0 Å². The molecule has 2 rings (SSSR count). The Labute approximate surface area is 150 Å². The Kier molecular flexibility index (Phi) is 6.82. The van der Waals surface area contributed by atoms with Crippen LogP contribution in [0.4, 0.5) is 10.5 Å². The predicted molar refractivity (Wildman–Crippen MR) is 101 cm³/mol. The molecular weight excluding hydrogens is 316 g/mol. The van der Waals surface area contributed by atoms with Gasteiger partial charge in [-0.1, -0.05) is 26.0 Å². The Morgan fingerprint density at radius 2 is 1.88 bits per heavy atom. The molecule has 1 aromatic rings. The molecule has 1 aromatic carbocycles. The molecule has 0 atom stereocenters. The second-order valence-electron chi connectivity index (χ2n) is 7.11. The fraction of sp³-hybridized carbons (Fsp3) is 0.579. The van der Waals surface area contributed by atoms with E-state index in [1.54, 1.807) is 9.80 Å². The van der Waals surface area contributed by atoms with E-state index in [4.69, 9.17) is 0 Å². The Bertz CT molecular complexity index is 584. The smallest absolute Gasteiger partial charge is 0.325 e. The van der Waals surface area contributed by atoms with Crippen molar-refractivity contribution >= 4 is 17.6 Å². The predicted octanol–water partition coefficient (Wildman–Crippen LogP) is 2.12. The van der Waals surface area contributed by atoms with Crippen LogP contribution in [-0.2, 0) is 4.79 Å². The number of nitrogens with one attached hydrogen (secondary N) is 1. The molecule has 0 aromatic heterocycles. The van der Waals surface area contributed by atoms with E-state index in [-0.39, 0.29) is 18.5 Å². The van der Waals surface area contributed by atoms with Crippen LogP contribution in [-0.4, -0.2) is 68.6 Å². The number of hydrogen-bond acceptors (Lipinski definition) is 3. The molecule has 0 aliphatic carbocycles. The highest BCUT2D eigenvalue weighted by molar-refractivity contribution is 5.96. The van der Waals surface area contributed by atoms with Crippen molar-refractivity contribution in [1.29, 1.82) is 0 Å². The largest absolute Gasteiger partial charge is 0.355 e. The first-order chi connectivity index (χ1) is 11.9. The number of anilines is 1. The van der Waals surface area contributed by atoms with Crippen LogP contribution < -0.4 is 10.2 Å². The first-order valence-corrected chi connectivity index (χ1v) is 8.96. The average Bonchev–Trinajstić information content (AvgIpc) is 2.92. The number of carbonyl (C=O) groups excluding carboxylic acids is 2. The van der Waals surface area contributed by atoms with E-state index in [0.29, 0.717) is 25.6 Å². The lowest BCUT2D eigenvalue weighted by molar-refractivity contribution is -0.121. The Morgan fingerprint density at radius 1 is 1.20 bits per heavy atom. The van der Waals surface area contributed by atoms with E-state index in [1.807, 2.05) is 26.2 Å². The van der Waals surface area contributed by atoms with Gasteiger partial charge in [0.15, 0.2) is 0 Å². The molecule has 1 aliphatic rings. The standard InChI is InChI=1S/C19H30N4O2/c1-15(2)16-6-8-17(9-7-16)23-13-12-22(19(23)25)14-18(24)20-10-5-11-21(3)4/h6-9,15H,5,10-14H2,1-4H3,(H,20,24). The van der Waals surface area contributed by atoms with Crippen molar-refractivity contribution in [3.05, 3.63) is 29.8 Å². The van der Waals surface area contributed by atoms with E-state index < -0.39 is 0 Å². The van der Waals surface area contributed by atoms with Gasteiger partial charge >= 0.3 is 6.03 Å². The maximum Gasteiger partial charge on any atom is 0.325 e. The number of rotatable bonds is 8. The summed E-state index contributed by atoms with van der Waals surface area (Å²) in [5.74, 6) is 0.375. The van der Waals surface area contributed by atoms with Crippen LogP contribution in [0, 0.1) is 0 Å². The molecule has 0 spiro atoms. The summed E-state index contributed by atoms with van der Waals surface area (Å²) < 4.78 is 0. The van der Waals surface area contributed by atoms with Crippen LogP contribution >= 0.6 is 0 Å². The monoisotopic (exact) mass is 346 g/mol. The SMILES string of the molecule is CC(C)c1ccc(N2CCN(CC(=O)NCCCN(C)C)C2=O)cc1. The van der Waals surface area contributed by atoms with Gasteiger partial charge in [-0.05, 0) is 50.7 Å². The Balaban J connectivity index is 1.83. The number of nitrogens with zero attached hydrogens (tertiary/aromatic N) is 3. The molecule has 0 unspecified atom stereocenters. The van der Waals surface area contributed by atoms with Gasteiger partial charge in [-0.2, -0.15) is 0 Å². The van der Waals surface area contributed by atoms with Crippen molar-refractivity contribution in [1.82, 2.24) is 15.1 Å². The van der Waals surface area contributed by atoms with E-state index in [2.05, 4.69) is 36.2 Å².